The Balaban J connectivity index is 1.85. The first kappa shape index (κ1) is 20.5. The minimum absolute atomic E-state index is 0.0939. The Kier molecular flexibility index (Phi) is 6.44. The molecule has 0 fully saturated rings. The summed E-state index contributed by atoms with van der Waals surface area (Å²) < 4.78 is 6.06. The number of benzene rings is 2. The molecule has 0 unspecified atom stereocenters. The van der Waals surface area contributed by atoms with E-state index in [9.17, 15) is 9.59 Å². The van der Waals surface area contributed by atoms with Crippen LogP contribution in [0.5, 0.6) is 5.75 Å². The molecule has 28 heavy (non-hydrogen) atoms. The van der Waals surface area contributed by atoms with Gasteiger partial charge >= 0.3 is 0 Å². The summed E-state index contributed by atoms with van der Waals surface area (Å²) in [6.45, 7) is 1.93. The highest BCUT2D eigenvalue weighted by Gasteiger charge is 2.19. The lowest BCUT2D eigenvalue weighted by Crippen LogP contribution is -2.13. The second kappa shape index (κ2) is 8.82. The predicted octanol–water partition coefficient (Wildman–Crippen LogP) is 6.21. The van der Waals surface area contributed by atoms with Crippen LogP contribution in [-0.2, 0) is 4.79 Å². The molecule has 0 atom stereocenters. The molecular formula is C20H18Cl2N2O3S. The van der Waals surface area contributed by atoms with Crippen LogP contribution in [0.3, 0.4) is 0 Å². The first-order valence-corrected chi connectivity index (χ1v) is 10.2. The van der Waals surface area contributed by atoms with E-state index in [0.29, 0.717) is 38.5 Å². The van der Waals surface area contributed by atoms with Crippen molar-refractivity contribution in [2.75, 3.05) is 17.7 Å². The lowest BCUT2D eigenvalue weighted by atomic mass is 10.2. The Hall–Kier alpha value is -2.28. The molecule has 0 saturated heterocycles. The van der Waals surface area contributed by atoms with Crippen LogP contribution in [0.4, 0.5) is 11.4 Å². The molecule has 2 aromatic carbocycles. The van der Waals surface area contributed by atoms with Gasteiger partial charge in [0.1, 0.15) is 10.6 Å². The average Bonchev–Trinajstić information content (AvgIpc) is 3.00. The first-order valence-electron chi connectivity index (χ1n) is 8.59. The van der Waals surface area contributed by atoms with Crippen LogP contribution in [0.1, 0.15) is 29.4 Å². The van der Waals surface area contributed by atoms with E-state index in [4.69, 9.17) is 27.9 Å². The van der Waals surface area contributed by atoms with E-state index in [1.807, 2.05) is 19.1 Å². The molecule has 3 aromatic rings. The van der Waals surface area contributed by atoms with E-state index >= 15 is 0 Å². The third-order valence-corrected chi connectivity index (χ3v) is 6.00. The van der Waals surface area contributed by atoms with Gasteiger partial charge in [-0.1, -0.05) is 30.1 Å². The largest absolute Gasteiger partial charge is 0.497 e. The van der Waals surface area contributed by atoms with Gasteiger partial charge in [0.15, 0.2) is 0 Å². The standard InChI is InChI=1S/C20H18Cl2N2O3S/c1-3-4-17(25)23-11-5-8-14(21)15(9-11)24-20(26)19-18(22)13-7-6-12(27-2)10-16(13)28-19/h5-10H,3-4H2,1-2H3,(H,23,25)(H,24,26). The zero-order valence-corrected chi connectivity index (χ0v) is 17.6. The lowest BCUT2D eigenvalue weighted by molar-refractivity contribution is -0.116. The minimum Gasteiger partial charge on any atom is -0.497 e. The smallest absolute Gasteiger partial charge is 0.267 e. The van der Waals surface area contributed by atoms with Crippen molar-refractivity contribution in [2.24, 2.45) is 0 Å². The number of nitrogens with one attached hydrogen (secondary N) is 2. The fraction of sp³-hybridized carbons (Fsp3) is 0.200. The van der Waals surface area contributed by atoms with Gasteiger partial charge in [-0.15, -0.1) is 11.3 Å². The van der Waals surface area contributed by atoms with Gasteiger partial charge in [-0.2, -0.15) is 0 Å². The minimum atomic E-state index is -0.371. The maximum atomic E-state index is 12.8. The van der Waals surface area contributed by atoms with Crippen LogP contribution in [0, 0.1) is 0 Å². The number of fused-ring (bicyclic) bond motifs is 1. The summed E-state index contributed by atoms with van der Waals surface area (Å²) in [4.78, 5) is 25.0. The summed E-state index contributed by atoms with van der Waals surface area (Å²) in [7, 11) is 1.58. The van der Waals surface area contributed by atoms with E-state index in [1.165, 1.54) is 11.3 Å². The lowest BCUT2D eigenvalue weighted by Gasteiger charge is -2.10. The normalized spacial score (nSPS) is 10.7. The number of carbonyl (C=O) groups is 2. The van der Waals surface area contributed by atoms with Crippen molar-refractivity contribution in [3.8, 4) is 5.75 Å². The van der Waals surface area contributed by atoms with Crippen molar-refractivity contribution in [2.45, 2.75) is 19.8 Å². The third kappa shape index (κ3) is 4.41. The van der Waals surface area contributed by atoms with Gasteiger partial charge in [0.2, 0.25) is 5.91 Å². The van der Waals surface area contributed by atoms with Gasteiger partial charge in [-0.3, -0.25) is 9.59 Å². The Morgan fingerprint density at radius 1 is 1.11 bits per heavy atom. The molecule has 0 aliphatic heterocycles. The van der Waals surface area contributed by atoms with Crippen LogP contribution in [0.15, 0.2) is 36.4 Å². The first-order chi connectivity index (χ1) is 13.4. The van der Waals surface area contributed by atoms with E-state index in [-0.39, 0.29) is 11.8 Å². The SMILES string of the molecule is CCCC(=O)Nc1ccc(Cl)c(NC(=O)c2sc3cc(OC)ccc3c2Cl)c1. The number of amides is 2. The van der Waals surface area contributed by atoms with Crippen LogP contribution in [0.25, 0.3) is 10.1 Å². The maximum absolute atomic E-state index is 12.8. The maximum Gasteiger partial charge on any atom is 0.267 e. The molecule has 8 heteroatoms. The molecule has 0 radical (unpaired) electrons. The number of thiophene rings is 1. The molecule has 2 amide bonds. The summed E-state index contributed by atoms with van der Waals surface area (Å²) in [5, 5.41) is 7.08. The zero-order valence-electron chi connectivity index (χ0n) is 15.3. The summed E-state index contributed by atoms with van der Waals surface area (Å²) in [6.07, 6.45) is 1.17. The number of hydrogen-bond donors (Lipinski definition) is 2. The Labute approximate surface area is 176 Å². The van der Waals surface area contributed by atoms with Gasteiger partial charge in [0.25, 0.3) is 5.91 Å². The molecule has 0 bridgehead atoms. The molecule has 5 nitrogen and oxygen atoms in total. The summed E-state index contributed by atoms with van der Waals surface area (Å²) >= 11 is 13.9. The van der Waals surface area contributed by atoms with Crippen molar-refractivity contribution >= 4 is 67.8 Å². The number of carbonyl (C=O) groups excluding carboxylic acids is 2. The topological polar surface area (TPSA) is 67.4 Å². The molecule has 2 N–H and O–H groups in total. The zero-order chi connectivity index (χ0) is 20.3. The molecule has 0 saturated carbocycles. The van der Waals surface area contributed by atoms with Crippen molar-refractivity contribution in [1.82, 2.24) is 0 Å². The van der Waals surface area contributed by atoms with E-state index < -0.39 is 0 Å². The number of halogens is 2. The van der Waals surface area contributed by atoms with E-state index in [0.717, 1.165) is 16.5 Å². The number of hydrogen-bond acceptors (Lipinski definition) is 4. The Morgan fingerprint density at radius 2 is 1.89 bits per heavy atom. The second-order valence-corrected chi connectivity index (χ2v) is 7.89. The molecule has 0 aliphatic rings. The molecule has 3 rings (SSSR count). The average molecular weight is 437 g/mol. The number of anilines is 2. The molecule has 0 aliphatic carbocycles. The summed E-state index contributed by atoms with van der Waals surface area (Å²) in [6, 6.07) is 10.4. The van der Waals surface area contributed by atoms with Crippen molar-refractivity contribution in [1.29, 1.82) is 0 Å². The van der Waals surface area contributed by atoms with Gasteiger partial charge in [-0.25, -0.2) is 0 Å². The Morgan fingerprint density at radius 3 is 2.61 bits per heavy atom. The quantitative estimate of drug-likeness (QED) is 0.482. The van der Waals surface area contributed by atoms with Crippen LogP contribution < -0.4 is 15.4 Å². The molecule has 146 valence electrons. The predicted molar refractivity (Wildman–Crippen MR) is 116 cm³/mol. The highest BCUT2D eigenvalue weighted by Crippen LogP contribution is 2.38. The van der Waals surface area contributed by atoms with Crippen molar-refractivity contribution in [3.63, 3.8) is 0 Å². The van der Waals surface area contributed by atoms with Crippen molar-refractivity contribution in [3.05, 3.63) is 51.3 Å². The van der Waals surface area contributed by atoms with Crippen LogP contribution in [0.2, 0.25) is 10.0 Å². The highest BCUT2D eigenvalue weighted by molar-refractivity contribution is 7.21. The van der Waals surface area contributed by atoms with Crippen LogP contribution in [-0.4, -0.2) is 18.9 Å². The number of methoxy groups -OCH3 is 1. The number of ether oxygens (including phenoxy) is 1. The van der Waals surface area contributed by atoms with Crippen LogP contribution >= 0.6 is 34.5 Å². The van der Waals surface area contributed by atoms with Gasteiger partial charge < -0.3 is 15.4 Å². The van der Waals surface area contributed by atoms with Crippen molar-refractivity contribution < 1.29 is 14.3 Å². The van der Waals surface area contributed by atoms with Gasteiger partial charge in [0, 0.05) is 22.2 Å². The fourth-order valence-electron chi connectivity index (χ4n) is 2.65. The highest BCUT2D eigenvalue weighted by atomic mass is 35.5. The molecule has 1 aromatic heterocycles. The monoisotopic (exact) mass is 436 g/mol. The van der Waals surface area contributed by atoms with Gasteiger partial charge in [-0.05, 0) is 42.8 Å². The third-order valence-electron chi connectivity index (χ3n) is 4.02. The van der Waals surface area contributed by atoms with Gasteiger partial charge in [0.05, 0.1) is 22.8 Å². The van der Waals surface area contributed by atoms with E-state index in [1.54, 1.807) is 31.4 Å². The summed E-state index contributed by atoms with van der Waals surface area (Å²) in [5.41, 5.74) is 0.956. The van der Waals surface area contributed by atoms with E-state index in [2.05, 4.69) is 10.6 Å². The summed E-state index contributed by atoms with van der Waals surface area (Å²) in [5.74, 6) is 0.226. The number of rotatable bonds is 6. The molecule has 0 spiro atoms. The second-order valence-electron chi connectivity index (χ2n) is 6.05. The molecule has 1 heterocycles. The Bertz CT molecular complexity index is 1050. The fourth-order valence-corrected chi connectivity index (χ4v) is 4.25. The molecular weight excluding hydrogens is 419 g/mol.